The van der Waals surface area contributed by atoms with Crippen molar-refractivity contribution in [3.8, 4) is 0 Å². The zero-order valence-corrected chi connectivity index (χ0v) is 11.7. The number of carbonyl (C=O) groups excluding carboxylic acids is 1. The van der Waals surface area contributed by atoms with E-state index >= 15 is 0 Å². The van der Waals surface area contributed by atoms with E-state index in [2.05, 4.69) is 10.6 Å². The topological polar surface area (TPSA) is 84.5 Å². The van der Waals surface area contributed by atoms with Gasteiger partial charge in [0, 0.05) is 33.0 Å². The van der Waals surface area contributed by atoms with Gasteiger partial charge in [0.2, 0.25) is 5.91 Å². The molecule has 0 radical (unpaired) electrons. The SMILES string of the molecule is COCCNCCNC(=O)C(C)(C)S(C)(=O)=O. The number of amides is 1. The summed E-state index contributed by atoms with van der Waals surface area (Å²) in [4.78, 5) is 11.7. The third-order valence-corrected chi connectivity index (χ3v) is 4.58. The fourth-order valence-electron chi connectivity index (χ4n) is 0.945. The Hall–Kier alpha value is -0.660. The standard InChI is InChI=1S/C10H22N2O4S/c1-10(2,17(4,14)15)9(13)12-6-5-11-7-8-16-3/h11H,5-8H2,1-4H3,(H,12,13). The molecule has 0 unspecified atom stereocenters. The van der Waals surface area contributed by atoms with Gasteiger partial charge in [-0.25, -0.2) is 8.42 Å². The minimum atomic E-state index is -3.41. The Kier molecular flexibility index (Phi) is 6.66. The number of hydrogen-bond acceptors (Lipinski definition) is 5. The Morgan fingerprint density at radius 1 is 1.24 bits per heavy atom. The predicted octanol–water partition coefficient (Wildman–Crippen LogP) is -0.838. The van der Waals surface area contributed by atoms with Crippen LogP contribution in [-0.4, -0.2) is 58.7 Å². The molecule has 0 bridgehead atoms. The Labute approximate surface area is 103 Å². The van der Waals surface area contributed by atoms with Crippen LogP contribution in [-0.2, 0) is 19.4 Å². The van der Waals surface area contributed by atoms with Crippen LogP contribution in [0.3, 0.4) is 0 Å². The Bertz CT molecular complexity index is 338. The zero-order valence-electron chi connectivity index (χ0n) is 10.9. The maximum absolute atomic E-state index is 11.7. The van der Waals surface area contributed by atoms with Gasteiger partial charge in [-0.15, -0.1) is 0 Å². The summed E-state index contributed by atoms with van der Waals surface area (Å²) in [6, 6.07) is 0. The first-order chi connectivity index (χ1) is 7.73. The van der Waals surface area contributed by atoms with Crippen LogP contribution in [0.25, 0.3) is 0 Å². The maximum atomic E-state index is 11.7. The summed E-state index contributed by atoms with van der Waals surface area (Å²) >= 11 is 0. The number of rotatable bonds is 8. The molecule has 2 N–H and O–H groups in total. The molecule has 0 aliphatic carbocycles. The molecule has 0 saturated carbocycles. The molecule has 0 aromatic heterocycles. The fourth-order valence-corrected chi connectivity index (χ4v) is 1.35. The van der Waals surface area contributed by atoms with Crippen LogP contribution in [0.2, 0.25) is 0 Å². The minimum Gasteiger partial charge on any atom is -0.383 e. The normalized spacial score (nSPS) is 12.5. The molecule has 7 heteroatoms. The molecule has 0 aromatic carbocycles. The van der Waals surface area contributed by atoms with Crippen molar-refractivity contribution < 1.29 is 17.9 Å². The van der Waals surface area contributed by atoms with Gasteiger partial charge in [-0.3, -0.25) is 4.79 Å². The number of ether oxygens (including phenoxy) is 1. The lowest BCUT2D eigenvalue weighted by Gasteiger charge is -2.21. The van der Waals surface area contributed by atoms with E-state index in [9.17, 15) is 13.2 Å². The molecule has 0 aliphatic heterocycles. The van der Waals surface area contributed by atoms with E-state index in [-0.39, 0.29) is 0 Å². The zero-order chi connectivity index (χ0) is 13.5. The van der Waals surface area contributed by atoms with E-state index in [0.717, 1.165) is 6.26 Å². The van der Waals surface area contributed by atoms with Gasteiger partial charge in [-0.1, -0.05) is 0 Å². The van der Waals surface area contributed by atoms with Crippen LogP contribution in [0.4, 0.5) is 0 Å². The molecular weight excluding hydrogens is 244 g/mol. The van der Waals surface area contributed by atoms with Crippen molar-refractivity contribution >= 4 is 15.7 Å². The summed E-state index contributed by atoms with van der Waals surface area (Å²) in [5.74, 6) is -0.478. The Morgan fingerprint density at radius 2 is 1.82 bits per heavy atom. The van der Waals surface area contributed by atoms with Crippen LogP contribution < -0.4 is 10.6 Å². The van der Waals surface area contributed by atoms with Crippen molar-refractivity contribution in [3.05, 3.63) is 0 Å². The van der Waals surface area contributed by atoms with Crippen molar-refractivity contribution in [2.75, 3.05) is 39.6 Å². The Balaban J connectivity index is 3.96. The summed E-state index contributed by atoms with van der Waals surface area (Å²) in [5, 5.41) is 5.63. The lowest BCUT2D eigenvalue weighted by molar-refractivity contribution is -0.122. The second-order valence-electron chi connectivity index (χ2n) is 4.28. The number of sulfone groups is 1. The molecular formula is C10H22N2O4S. The lowest BCUT2D eigenvalue weighted by atomic mass is 10.2. The van der Waals surface area contributed by atoms with Gasteiger partial charge in [0.1, 0.15) is 4.75 Å². The third-order valence-electron chi connectivity index (χ3n) is 2.54. The first kappa shape index (κ1) is 16.3. The predicted molar refractivity (Wildman–Crippen MR) is 66.7 cm³/mol. The first-order valence-electron chi connectivity index (χ1n) is 5.41. The summed E-state index contributed by atoms with van der Waals surface area (Å²) < 4.78 is 26.2. The average Bonchev–Trinajstić information content (AvgIpc) is 2.21. The van der Waals surface area contributed by atoms with E-state index in [0.29, 0.717) is 26.2 Å². The lowest BCUT2D eigenvalue weighted by Crippen LogP contribution is -2.49. The largest absolute Gasteiger partial charge is 0.383 e. The summed E-state index contributed by atoms with van der Waals surface area (Å²) in [6.45, 7) is 5.06. The molecule has 0 spiro atoms. The van der Waals surface area contributed by atoms with Gasteiger partial charge in [0.05, 0.1) is 6.61 Å². The first-order valence-corrected chi connectivity index (χ1v) is 7.30. The maximum Gasteiger partial charge on any atom is 0.240 e. The van der Waals surface area contributed by atoms with Gasteiger partial charge < -0.3 is 15.4 Å². The van der Waals surface area contributed by atoms with Crippen LogP contribution >= 0.6 is 0 Å². The highest BCUT2D eigenvalue weighted by atomic mass is 32.2. The van der Waals surface area contributed by atoms with E-state index in [1.54, 1.807) is 7.11 Å². The van der Waals surface area contributed by atoms with Crippen molar-refractivity contribution in [2.24, 2.45) is 0 Å². The molecule has 0 rings (SSSR count). The number of nitrogens with one attached hydrogen (secondary N) is 2. The molecule has 0 fully saturated rings. The average molecular weight is 266 g/mol. The molecule has 102 valence electrons. The van der Waals surface area contributed by atoms with Gasteiger partial charge in [-0.05, 0) is 13.8 Å². The summed E-state index contributed by atoms with van der Waals surface area (Å²) in [7, 11) is -1.80. The summed E-state index contributed by atoms with van der Waals surface area (Å²) in [5.41, 5.74) is 0. The number of methoxy groups -OCH3 is 1. The fraction of sp³-hybridized carbons (Fsp3) is 0.900. The highest BCUT2D eigenvalue weighted by Crippen LogP contribution is 2.14. The van der Waals surface area contributed by atoms with Gasteiger partial charge in [-0.2, -0.15) is 0 Å². The summed E-state index contributed by atoms with van der Waals surface area (Å²) in [6.07, 6.45) is 1.06. The quantitative estimate of drug-likeness (QED) is 0.560. The smallest absolute Gasteiger partial charge is 0.240 e. The molecule has 0 heterocycles. The van der Waals surface area contributed by atoms with E-state index in [1.165, 1.54) is 13.8 Å². The Morgan fingerprint density at radius 3 is 2.29 bits per heavy atom. The number of carbonyl (C=O) groups is 1. The van der Waals surface area contributed by atoms with Crippen molar-refractivity contribution in [1.82, 2.24) is 10.6 Å². The van der Waals surface area contributed by atoms with Gasteiger partial charge >= 0.3 is 0 Å². The third kappa shape index (κ3) is 5.47. The molecule has 0 saturated heterocycles. The second kappa shape index (κ2) is 6.93. The molecule has 6 nitrogen and oxygen atoms in total. The van der Waals surface area contributed by atoms with Crippen molar-refractivity contribution in [3.63, 3.8) is 0 Å². The van der Waals surface area contributed by atoms with Crippen molar-refractivity contribution in [1.29, 1.82) is 0 Å². The van der Waals surface area contributed by atoms with E-state index in [1.807, 2.05) is 0 Å². The monoisotopic (exact) mass is 266 g/mol. The molecule has 17 heavy (non-hydrogen) atoms. The molecule has 0 atom stereocenters. The van der Waals surface area contributed by atoms with Crippen LogP contribution in [0.5, 0.6) is 0 Å². The molecule has 1 amide bonds. The van der Waals surface area contributed by atoms with Crippen molar-refractivity contribution in [2.45, 2.75) is 18.6 Å². The van der Waals surface area contributed by atoms with Crippen LogP contribution in [0.15, 0.2) is 0 Å². The molecule has 0 aromatic rings. The van der Waals surface area contributed by atoms with Crippen LogP contribution in [0.1, 0.15) is 13.8 Å². The highest BCUT2D eigenvalue weighted by molar-refractivity contribution is 7.92. The number of hydrogen-bond donors (Lipinski definition) is 2. The van der Waals surface area contributed by atoms with Crippen LogP contribution in [0, 0.1) is 0 Å². The highest BCUT2D eigenvalue weighted by Gasteiger charge is 2.37. The minimum absolute atomic E-state index is 0.390. The van der Waals surface area contributed by atoms with E-state index in [4.69, 9.17) is 4.74 Å². The molecule has 0 aliphatic rings. The van der Waals surface area contributed by atoms with Gasteiger partial charge in [0.25, 0.3) is 0 Å². The van der Waals surface area contributed by atoms with E-state index < -0.39 is 20.5 Å². The second-order valence-corrected chi connectivity index (χ2v) is 6.85. The van der Waals surface area contributed by atoms with Gasteiger partial charge in [0.15, 0.2) is 9.84 Å².